The van der Waals surface area contributed by atoms with Gasteiger partial charge in [-0.3, -0.25) is 4.79 Å². The summed E-state index contributed by atoms with van der Waals surface area (Å²) in [5.41, 5.74) is 0.135. The average molecular weight is 579 g/mol. The van der Waals surface area contributed by atoms with E-state index in [9.17, 15) is 4.79 Å². The Labute approximate surface area is 253 Å². The highest BCUT2D eigenvalue weighted by atomic mass is 28.4. The molecule has 0 amide bonds. The standard InChI is InChI=1S/C38H46O3Si/c1-37-24-23-35-33(34(37)20-21-36(37)39)19-18-28-26-29(22-25-38(28,35)27-40-2)41-42(30-12-6-3-7-13-30,31-14-8-4-9-15-31)32-16-10-5-11-17-32/h3-17,28-29,33-35H,18-27H2,1-2H3/t28-,29-,33-,34-,35-,37-,38+/m0/s1. The van der Waals surface area contributed by atoms with E-state index in [0.717, 1.165) is 45.1 Å². The molecule has 0 saturated heterocycles. The largest absolute Gasteiger partial charge is 0.401 e. The fourth-order valence-corrected chi connectivity index (χ4v) is 14.5. The number of fused-ring (bicyclic) bond motifs is 5. The molecule has 0 heterocycles. The number of Topliss-reactive ketones (excluding diaryl/α,β-unsaturated/α-hetero) is 1. The first-order chi connectivity index (χ1) is 20.5. The van der Waals surface area contributed by atoms with Crippen LogP contribution in [0.4, 0.5) is 0 Å². The van der Waals surface area contributed by atoms with E-state index in [-0.39, 0.29) is 16.9 Å². The van der Waals surface area contributed by atoms with Crippen LogP contribution < -0.4 is 15.6 Å². The van der Waals surface area contributed by atoms with E-state index in [4.69, 9.17) is 9.16 Å². The van der Waals surface area contributed by atoms with Crippen LogP contribution in [0.1, 0.15) is 64.7 Å². The van der Waals surface area contributed by atoms with Crippen LogP contribution in [0.25, 0.3) is 0 Å². The molecule has 4 fully saturated rings. The number of benzene rings is 3. The molecule has 0 radical (unpaired) electrons. The molecule has 4 aliphatic carbocycles. The maximum Gasteiger partial charge on any atom is 0.288 e. The van der Waals surface area contributed by atoms with E-state index in [1.54, 1.807) is 0 Å². The van der Waals surface area contributed by atoms with Crippen LogP contribution in [-0.2, 0) is 14.0 Å². The Morgan fingerprint density at radius 2 is 1.33 bits per heavy atom. The van der Waals surface area contributed by atoms with Crippen LogP contribution in [0, 0.1) is 34.5 Å². The van der Waals surface area contributed by atoms with Gasteiger partial charge in [0.15, 0.2) is 0 Å². The number of rotatable bonds is 7. The van der Waals surface area contributed by atoms with E-state index in [2.05, 4.69) is 97.9 Å². The highest BCUT2D eigenvalue weighted by Crippen LogP contribution is 2.65. The van der Waals surface area contributed by atoms with E-state index in [1.165, 1.54) is 34.8 Å². The van der Waals surface area contributed by atoms with Gasteiger partial charge in [-0.2, -0.15) is 0 Å². The SMILES string of the molecule is COC[C@]12CC[C@H](O[Si](c3ccccc3)(c3ccccc3)c3ccccc3)C[C@@H]1CC[C@@H]1[C@@H]2CC[C@]2(C)C(=O)CC[C@@H]12. The van der Waals surface area contributed by atoms with Gasteiger partial charge in [-0.05, 0) is 96.0 Å². The van der Waals surface area contributed by atoms with E-state index in [1.807, 2.05) is 7.11 Å². The molecule has 0 aromatic heterocycles. The van der Waals surface area contributed by atoms with Gasteiger partial charge in [0.1, 0.15) is 5.78 Å². The van der Waals surface area contributed by atoms with E-state index < -0.39 is 8.32 Å². The predicted molar refractivity (Wildman–Crippen MR) is 172 cm³/mol. The molecule has 0 N–H and O–H groups in total. The van der Waals surface area contributed by atoms with Crippen molar-refractivity contribution < 1.29 is 14.0 Å². The second kappa shape index (κ2) is 11.2. The number of methoxy groups -OCH3 is 1. The third-order valence-corrected chi connectivity index (χ3v) is 16.4. The Hall–Kier alpha value is -2.53. The molecule has 3 aromatic rings. The molecular weight excluding hydrogens is 533 g/mol. The lowest BCUT2D eigenvalue weighted by atomic mass is 9.45. The third kappa shape index (κ3) is 4.40. The highest BCUT2D eigenvalue weighted by molar-refractivity contribution is 7.07. The summed E-state index contributed by atoms with van der Waals surface area (Å²) in [6.07, 6.45) is 10.2. The predicted octanol–water partition coefficient (Wildman–Crippen LogP) is 6.28. The third-order valence-electron chi connectivity index (χ3n) is 12.3. The highest BCUT2D eigenvalue weighted by Gasteiger charge is 2.62. The molecule has 0 bridgehead atoms. The molecule has 42 heavy (non-hydrogen) atoms. The second-order valence-electron chi connectivity index (χ2n) is 14.0. The number of carbonyl (C=O) groups is 1. The Morgan fingerprint density at radius 3 is 1.90 bits per heavy atom. The number of carbonyl (C=O) groups excluding carboxylic acids is 1. The number of hydrogen-bond acceptors (Lipinski definition) is 3. The van der Waals surface area contributed by atoms with Gasteiger partial charge in [-0.1, -0.05) is 97.9 Å². The molecule has 4 saturated carbocycles. The molecular formula is C38H46O3Si. The lowest BCUT2D eigenvalue weighted by Gasteiger charge is -2.61. The maximum atomic E-state index is 13.0. The van der Waals surface area contributed by atoms with Gasteiger partial charge in [-0.15, -0.1) is 0 Å². The van der Waals surface area contributed by atoms with Gasteiger partial charge in [0.2, 0.25) is 0 Å². The molecule has 4 heteroatoms. The maximum absolute atomic E-state index is 13.0. The lowest BCUT2D eigenvalue weighted by Crippen LogP contribution is -2.71. The van der Waals surface area contributed by atoms with Crippen LogP contribution in [0.2, 0.25) is 0 Å². The quantitative estimate of drug-likeness (QED) is 0.245. The van der Waals surface area contributed by atoms with Crippen molar-refractivity contribution in [2.45, 2.75) is 70.8 Å². The zero-order valence-corrected chi connectivity index (χ0v) is 26.3. The Morgan fingerprint density at radius 1 is 0.738 bits per heavy atom. The summed E-state index contributed by atoms with van der Waals surface area (Å²) in [4.78, 5) is 13.0. The normalized spacial score (nSPS) is 34.3. The molecule has 3 nitrogen and oxygen atoms in total. The molecule has 0 spiro atoms. The van der Waals surface area contributed by atoms with Crippen molar-refractivity contribution in [3.63, 3.8) is 0 Å². The molecule has 3 aromatic carbocycles. The summed E-state index contributed by atoms with van der Waals surface area (Å²) in [6, 6.07) is 33.1. The Balaban J connectivity index is 1.23. The van der Waals surface area contributed by atoms with Crippen molar-refractivity contribution in [2.75, 3.05) is 13.7 Å². The summed E-state index contributed by atoms with van der Waals surface area (Å²) in [5.74, 6) is 3.05. The van der Waals surface area contributed by atoms with Crippen LogP contribution >= 0.6 is 0 Å². The first-order valence-electron chi connectivity index (χ1n) is 16.4. The number of hydrogen-bond donors (Lipinski definition) is 0. The summed E-state index contributed by atoms with van der Waals surface area (Å²) >= 11 is 0. The molecule has 0 aliphatic heterocycles. The zero-order valence-electron chi connectivity index (χ0n) is 25.3. The minimum Gasteiger partial charge on any atom is -0.401 e. The van der Waals surface area contributed by atoms with Crippen molar-refractivity contribution in [3.8, 4) is 0 Å². The van der Waals surface area contributed by atoms with Gasteiger partial charge in [0, 0.05) is 25.0 Å². The summed E-state index contributed by atoms with van der Waals surface area (Å²) in [5, 5.41) is 3.95. The Kier molecular flexibility index (Phi) is 7.53. The molecule has 7 rings (SSSR count). The minimum atomic E-state index is -2.75. The second-order valence-corrected chi connectivity index (χ2v) is 17.4. The van der Waals surface area contributed by atoms with E-state index >= 15 is 0 Å². The van der Waals surface area contributed by atoms with Crippen molar-refractivity contribution >= 4 is 29.7 Å². The van der Waals surface area contributed by atoms with Crippen molar-refractivity contribution in [1.29, 1.82) is 0 Å². The topological polar surface area (TPSA) is 35.5 Å². The Bertz CT molecular complexity index is 1280. The van der Waals surface area contributed by atoms with Gasteiger partial charge in [0.05, 0.1) is 6.61 Å². The lowest BCUT2D eigenvalue weighted by molar-refractivity contribution is -0.158. The fourth-order valence-electron chi connectivity index (χ4n) is 10.4. The van der Waals surface area contributed by atoms with Crippen LogP contribution in [-0.4, -0.2) is 33.9 Å². The van der Waals surface area contributed by atoms with Crippen LogP contribution in [0.3, 0.4) is 0 Å². The smallest absolute Gasteiger partial charge is 0.288 e. The molecule has 4 aliphatic rings. The summed E-state index contributed by atoms with van der Waals surface area (Å²) in [7, 11) is -0.844. The first kappa shape index (κ1) is 28.2. The molecule has 220 valence electrons. The van der Waals surface area contributed by atoms with Gasteiger partial charge in [-0.25, -0.2) is 0 Å². The fraction of sp³-hybridized carbons (Fsp3) is 0.500. The molecule has 0 unspecified atom stereocenters. The monoisotopic (exact) mass is 578 g/mol. The molecule has 7 atom stereocenters. The zero-order chi connectivity index (χ0) is 28.8. The van der Waals surface area contributed by atoms with E-state index in [0.29, 0.717) is 29.5 Å². The first-order valence-corrected chi connectivity index (χ1v) is 18.3. The van der Waals surface area contributed by atoms with Gasteiger partial charge >= 0.3 is 0 Å². The minimum absolute atomic E-state index is 0.0746. The van der Waals surface area contributed by atoms with Crippen LogP contribution in [0.15, 0.2) is 91.0 Å². The number of ketones is 1. The summed E-state index contributed by atoms with van der Waals surface area (Å²) in [6.45, 7) is 3.14. The van der Waals surface area contributed by atoms with Crippen molar-refractivity contribution in [3.05, 3.63) is 91.0 Å². The van der Waals surface area contributed by atoms with Gasteiger partial charge < -0.3 is 9.16 Å². The van der Waals surface area contributed by atoms with Crippen molar-refractivity contribution in [2.24, 2.45) is 34.5 Å². The van der Waals surface area contributed by atoms with Gasteiger partial charge in [0.25, 0.3) is 8.32 Å². The average Bonchev–Trinajstić information content (AvgIpc) is 3.35. The van der Waals surface area contributed by atoms with Crippen molar-refractivity contribution in [1.82, 2.24) is 0 Å². The van der Waals surface area contributed by atoms with Crippen LogP contribution in [0.5, 0.6) is 0 Å². The summed E-state index contributed by atoms with van der Waals surface area (Å²) < 4.78 is 13.8. The number of ether oxygens (including phenoxy) is 1.